The summed E-state index contributed by atoms with van der Waals surface area (Å²) in [6.07, 6.45) is 1.09. The van der Waals surface area contributed by atoms with Gasteiger partial charge in [0.05, 0.1) is 7.11 Å². The summed E-state index contributed by atoms with van der Waals surface area (Å²) < 4.78 is 5.62. The molecule has 0 bridgehead atoms. The molecule has 0 spiro atoms. The van der Waals surface area contributed by atoms with Crippen LogP contribution in [-0.4, -0.2) is 7.11 Å². The van der Waals surface area contributed by atoms with Crippen molar-refractivity contribution >= 4 is 18.5 Å². The van der Waals surface area contributed by atoms with E-state index in [-0.39, 0.29) is 7.92 Å². The van der Waals surface area contributed by atoms with Gasteiger partial charge in [-0.15, -0.1) is 0 Å². The lowest BCUT2D eigenvalue weighted by atomic mass is 9.99. The predicted molar refractivity (Wildman–Crippen MR) is 94.8 cm³/mol. The average molecular weight is 304 g/mol. The van der Waals surface area contributed by atoms with Gasteiger partial charge in [-0.1, -0.05) is 66.7 Å². The van der Waals surface area contributed by atoms with Crippen LogP contribution in [0, 0.1) is 0 Å². The van der Waals surface area contributed by atoms with E-state index in [0.717, 1.165) is 11.9 Å². The Hall–Kier alpha value is -2.11. The van der Waals surface area contributed by atoms with E-state index in [0.29, 0.717) is 0 Å². The van der Waals surface area contributed by atoms with Gasteiger partial charge in [0.15, 0.2) is 0 Å². The Kier molecular flexibility index (Phi) is 3.44. The summed E-state index contributed by atoms with van der Waals surface area (Å²) in [6, 6.07) is 26.1. The van der Waals surface area contributed by atoms with Gasteiger partial charge in [0.2, 0.25) is 0 Å². The first-order valence-corrected chi connectivity index (χ1v) is 8.99. The van der Waals surface area contributed by atoms with Crippen molar-refractivity contribution in [2.75, 3.05) is 7.11 Å². The van der Waals surface area contributed by atoms with Crippen LogP contribution in [0.4, 0.5) is 0 Å². The fraction of sp³-hybridized carbons (Fsp3) is 0.100. The van der Waals surface area contributed by atoms with Crippen LogP contribution in [0.3, 0.4) is 0 Å². The summed E-state index contributed by atoms with van der Waals surface area (Å²) in [5.74, 6) is 0.979. The predicted octanol–water partition coefficient (Wildman–Crippen LogP) is 4.31. The van der Waals surface area contributed by atoms with E-state index < -0.39 is 0 Å². The molecule has 108 valence electrons. The highest BCUT2D eigenvalue weighted by Gasteiger charge is 2.27. The second-order valence-corrected chi connectivity index (χ2v) is 7.60. The SMILES string of the molecule is COc1cccc2c1-c1ccccc1[P@](c1ccccc1)C2. The number of methoxy groups -OCH3 is 1. The van der Waals surface area contributed by atoms with Crippen LogP contribution in [0.5, 0.6) is 5.75 Å². The van der Waals surface area contributed by atoms with Crippen molar-refractivity contribution in [2.24, 2.45) is 0 Å². The van der Waals surface area contributed by atoms with E-state index in [9.17, 15) is 0 Å². The molecule has 0 saturated heterocycles. The number of rotatable bonds is 2. The molecule has 2 heteroatoms. The topological polar surface area (TPSA) is 9.23 Å². The fourth-order valence-electron chi connectivity index (χ4n) is 3.20. The van der Waals surface area contributed by atoms with Gasteiger partial charge in [-0.2, -0.15) is 0 Å². The Morgan fingerprint density at radius 3 is 2.41 bits per heavy atom. The molecule has 0 N–H and O–H groups in total. The first kappa shape index (κ1) is 13.5. The molecular formula is C20H17OP. The molecule has 0 unspecified atom stereocenters. The molecule has 0 aromatic heterocycles. The van der Waals surface area contributed by atoms with Crippen LogP contribution in [0.25, 0.3) is 11.1 Å². The summed E-state index contributed by atoms with van der Waals surface area (Å²) in [7, 11) is 1.41. The highest BCUT2D eigenvalue weighted by atomic mass is 31.1. The third-order valence-corrected chi connectivity index (χ3v) is 6.74. The van der Waals surface area contributed by atoms with Crippen LogP contribution in [0.2, 0.25) is 0 Å². The van der Waals surface area contributed by atoms with Gasteiger partial charge in [-0.3, -0.25) is 0 Å². The zero-order valence-electron chi connectivity index (χ0n) is 12.5. The minimum absolute atomic E-state index is 0.342. The van der Waals surface area contributed by atoms with Gasteiger partial charge in [0, 0.05) is 11.7 Å². The molecule has 3 aromatic carbocycles. The quantitative estimate of drug-likeness (QED) is 0.641. The minimum atomic E-state index is -0.342. The second kappa shape index (κ2) is 5.59. The summed E-state index contributed by atoms with van der Waals surface area (Å²) in [4.78, 5) is 0. The van der Waals surface area contributed by atoms with Crippen molar-refractivity contribution in [3.8, 4) is 16.9 Å². The molecule has 0 fully saturated rings. The summed E-state index contributed by atoms with van der Waals surface area (Å²) in [5.41, 5.74) is 4.00. The largest absolute Gasteiger partial charge is 0.496 e. The summed E-state index contributed by atoms with van der Waals surface area (Å²) in [5, 5.41) is 2.90. The van der Waals surface area contributed by atoms with Crippen LogP contribution in [0.1, 0.15) is 5.56 Å². The maximum Gasteiger partial charge on any atom is 0.126 e. The van der Waals surface area contributed by atoms with Crippen LogP contribution in [0.15, 0.2) is 72.8 Å². The van der Waals surface area contributed by atoms with Gasteiger partial charge >= 0.3 is 0 Å². The molecular weight excluding hydrogens is 287 g/mol. The van der Waals surface area contributed by atoms with E-state index in [1.54, 1.807) is 7.11 Å². The molecule has 3 aromatic rings. The lowest BCUT2D eigenvalue weighted by molar-refractivity contribution is 0.416. The van der Waals surface area contributed by atoms with E-state index in [2.05, 4.69) is 72.8 Å². The van der Waals surface area contributed by atoms with Crippen molar-refractivity contribution in [2.45, 2.75) is 6.16 Å². The van der Waals surface area contributed by atoms with E-state index >= 15 is 0 Å². The highest BCUT2D eigenvalue weighted by molar-refractivity contribution is 7.72. The standard InChI is InChI=1S/C20H17OP/c1-21-18-12-7-8-15-14-22(16-9-3-2-4-10-16)19-13-6-5-11-17(19)20(15)18/h2-13H,14H2,1H3/t22-/m0/s1. The zero-order valence-corrected chi connectivity index (χ0v) is 13.4. The van der Waals surface area contributed by atoms with Crippen molar-refractivity contribution in [1.29, 1.82) is 0 Å². The van der Waals surface area contributed by atoms with E-state index in [1.807, 2.05) is 0 Å². The Bertz CT molecular complexity index is 811. The summed E-state index contributed by atoms with van der Waals surface area (Å²) in [6.45, 7) is 0. The maximum atomic E-state index is 5.62. The zero-order chi connectivity index (χ0) is 14.9. The molecule has 22 heavy (non-hydrogen) atoms. The molecule has 1 aliphatic rings. The Balaban J connectivity index is 1.95. The van der Waals surface area contributed by atoms with Crippen molar-refractivity contribution in [3.05, 3.63) is 78.4 Å². The van der Waals surface area contributed by atoms with Gasteiger partial charge in [-0.25, -0.2) is 0 Å². The first-order chi connectivity index (χ1) is 10.9. The number of benzene rings is 3. The van der Waals surface area contributed by atoms with Crippen molar-refractivity contribution in [3.63, 3.8) is 0 Å². The molecule has 0 aliphatic carbocycles. The van der Waals surface area contributed by atoms with Gasteiger partial charge < -0.3 is 4.74 Å². The molecule has 0 saturated carbocycles. The lowest BCUT2D eigenvalue weighted by Gasteiger charge is -2.29. The van der Waals surface area contributed by atoms with Crippen LogP contribution in [-0.2, 0) is 6.16 Å². The monoisotopic (exact) mass is 304 g/mol. The van der Waals surface area contributed by atoms with E-state index in [4.69, 9.17) is 4.74 Å². The number of fused-ring (bicyclic) bond motifs is 3. The number of hydrogen-bond donors (Lipinski definition) is 0. The average Bonchev–Trinajstić information content (AvgIpc) is 2.61. The van der Waals surface area contributed by atoms with Gasteiger partial charge in [0.25, 0.3) is 0 Å². The van der Waals surface area contributed by atoms with Gasteiger partial charge in [0.1, 0.15) is 5.75 Å². The Morgan fingerprint density at radius 2 is 1.59 bits per heavy atom. The van der Waals surface area contributed by atoms with Gasteiger partial charge in [-0.05, 0) is 35.7 Å². The lowest BCUT2D eigenvalue weighted by Crippen LogP contribution is -2.19. The normalized spacial score (nSPS) is 15.8. The fourth-order valence-corrected chi connectivity index (χ4v) is 5.71. The first-order valence-electron chi connectivity index (χ1n) is 7.46. The van der Waals surface area contributed by atoms with Crippen molar-refractivity contribution in [1.82, 2.24) is 0 Å². The third-order valence-electron chi connectivity index (χ3n) is 4.19. The van der Waals surface area contributed by atoms with Crippen LogP contribution >= 0.6 is 7.92 Å². The van der Waals surface area contributed by atoms with Crippen molar-refractivity contribution < 1.29 is 4.74 Å². The minimum Gasteiger partial charge on any atom is -0.496 e. The Labute approximate surface area is 132 Å². The molecule has 1 nitrogen and oxygen atoms in total. The smallest absolute Gasteiger partial charge is 0.126 e. The number of ether oxygens (including phenoxy) is 1. The van der Waals surface area contributed by atoms with E-state index in [1.165, 1.54) is 27.3 Å². The second-order valence-electron chi connectivity index (χ2n) is 5.43. The molecule has 1 heterocycles. The number of hydrogen-bond acceptors (Lipinski definition) is 1. The van der Waals surface area contributed by atoms with Crippen LogP contribution < -0.4 is 15.3 Å². The highest BCUT2D eigenvalue weighted by Crippen LogP contribution is 2.49. The Morgan fingerprint density at radius 1 is 0.818 bits per heavy atom. The molecule has 4 rings (SSSR count). The maximum absolute atomic E-state index is 5.62. The summed E-state index contributed by atoms with van der Waals surface area (Å²) >= 11 is 0. The molecule has 0 amide bonds. The molecule has 0 radical (unpaired) electrons. The molecule has 1 aliphatic heterocycles. The molecule has 1 atom stereocenters. The third kappa shape index (κ3) is 2.14.